The summed E-state index contributed by atoms with van der Waals surface area (Å²) in [4.78, 5) is 12.3. The molecule has 3 rings (SSSR count). The Kier molecular flexibility index (Phi) is 6.84. The van der Waals surface area contributed by atoms with Crippen molar-refractivity contribution in [2.24, 2.45) is 11.7 Å². The van der Waals surface area contributed by atoms with E-state index in [1.807, 2.05) is 0 Å². The molecule has 7 heteroatoms. The molecule has 1 aromatic heterocycles. The quantitative estimate of drug-likeness (QED) is 0.820. The first-order chi connectivity index (χ1) is 11.7. The summed E-state index contributed by atoms with van der Waals surface area (Å²) in [6.45, 7) is 0.758. The van der Waals surface area contributed by atoms with Crippen LogP contribution in [0.1, 0.15) is 35.6 Å². The van der Waals surface area contributed by atoms with Crippen LogP contribution in [-0.2, 0) is 6.61 Å². The second-order valence-electron chi connectivity index (χ2n) is 6.02. The molecule has 1 aliphatic carbocycles. The second kappa shape index (κ2) is 8.87. The van der Waals surface area contributed by atoms with E-state index >= 15 is 0 Å². The molecule has 1 heterocycles. The number of benzene rings is 1. The Morgan fingerprint density at radius 3 is 2.72 bits per heavy atom. The first-order valence-electron chi connectivity index (χ1n) is 8.13. The standard InChI is InChI=1S/C18H21FN2O3.ClH/c19-13-4-6-14(7-5-13)23-11-15-8-9-17(24-15)18(22)21-16-3-1-2-12(16)10-20;/h4-9,12,16H,1-3,10-11,20H2,(H,21,22);1H. The highest BCUT2D eigenvalue weighted by atomic mass is 35.5. The zero-order valence-corrected chi connectivity index (χ0v) is 14.6. The normalized spacial score (nSPS) is 19.3. The molecule has 2 unspecified atom stereocenters. The second-order valence-corrected chi connectivity index (χ2v) is 6.02. The summed E-state index contributed by atoms with van der Waals surface area (Å²) in [5.41, 5.74) is 5.73. The van der Waals surface area contributed by atoms with Gasteiger partial charge in [0.2, 0.25) is 0 Å². The number of hydrogen-bond donors (Lipinski definition) is 2. The third kappa shape index (κ3) is 4.96. The number of carbonyl (C=O) groups is 1. The summed E-state index contributed by atoms with van der Waals surface area (Å²) in [5.74, 6) is 1.12. The van der Waals surface area contributed by atoms with Crippen LogP contribution in [0, 0.1) is 11.7 Å². The molecule has 136 valence electrons. The lowest BCUT2D eigenvalue weighted by Crippen LogP contribution is -2.39. The number of nitrogens with two attached hydrogens (primary N) is 1. The number of nitrogens with one attached hydrogen (secondary N) is 1. The van der Waals surface area contributed by atoms with Gasteiger partial charge in [0.1, 0.15) is 23.9 Å². The van der Waals surface area contributed by atoms with Crippen LogP contribution >= 0.6 is 12.4 Å². The van der Waals surface area contributed by atoms with E-state index in [4.69, 9.17) is 14.9 Å². The molecular weight excluding hydrogens is 347 g/mol. The van der Waals surface area contributed by atoms with Gasteiger partial charge in [-0.15, -0.1) is 12.4 Å². The molecule has 2 aromatic rings. The summed E-state index contributed by atoms with van der Waals surface area (Å²) < 4.78 is 23.9. The zero-order chi connectivity index (χ0) is 16.9. The van der Waals surface area contributed by atoms with Crippen molar-refractivity contribution in [2.75, 3.05) is 6.54 Å². The smallest absolute Gasteiger partial charge is 0.287 e. The van der Waals surface area contributed by atoms with Gasteiger partial charge in [-0.2, -0.15) is 0 Å². The van der Waals surface area contributed by atoms with Gasteiger partial charge in [0.05, 0.1) is 0 Å². The minimum atomic E-state index is -0.318. The van der Waals surface area contributed by atoms with Gasteiger partial charge in [0.25, 0.3) is 5.91 Å². The Hall–Kier alpha value is -2.05. The van der Waals surface area contributed by atoms with Crippen LogP contribution in [0.5, 0.6) is 5.75 Å². The molecule has 1 aliphatic rings. The Balaban J connectivity index is 0.00000225. The number of rotatable bonds is 6. The van der Waals surface area contributed by atoms with E-state index in [9.17, 15) is 9.18 Å². The monoisotopic (exact) mass is 368 g/mol. The van der Waals surface area contributed by atoms with Gasteiger partial charge < -0.3 is 20.2 Å². The highest BCUT2D eigenvalue weighted by Crippen LogP contribution is 2.25. The fraction of sp³-hybridized carbons (Fsp3) is 0.389. The molecule has 0 bridgehead atoms. The van der Waals surface area contributed by atoms with Crippen molar-refractivity contribution in [1.29, 1.82) is 0 Å². The van der Waals surface area contributed by atoms with Gasteiger partial charge in [-0.05, 0) is 61.7 Å². The van der Waals surface area contributed by atoms with E-state index < -0.39 is 0 Å². The van der Waals surface area contributed by atoms with Gasteiger partial charge >= 0.3 is 0 Å². The Morgan fingerprint density at radius 1 is 1.24 bits per heavy atom. The number of carbonyl (C=O) groups excluding carboxylic acids is 1. The summed E-state index contributed by atoms with van der Waals surface area (Å²) >= 11 is 0. The molecule has 1 saturated carbocycles. The van der Waals surface area contributed by atoms with Crippen LogP contribution in [0.2, 0.25) is 0 Å². The van der Waals surface area contributed by atoms with Gasteiger partial charge in [-0.3, -0.25) is 4.79 Å². The molecular formula is C18H22ClFN2O3. The molecule has 0 radical (unpaired) electrons. The summed E-state index contributed by atoms with van der Waals surface area (Å²) in [6.07, 6.45) is 3.09. The first kappa shape index (κ1) is 19.3. The lowest BCUT2D eigenvalue weighted by molar-refractivity contribution is 0.0896. The molecule has 0 spiro atoms. The van der Waals surface area contributed by atoms with Crippen molar-refractivity contribution in [2.45, 2.75) is 31.9 Å². The van der Waals surface area contributed by atoms with Crippen LogP contribution in [0.25, 0.3) is 0 Å². The van der Waals surface area contributed by atoms with Crippen molar-refractivity contribution >= 4 is 18.3 Å². The molecule has 5 nitrogen and oxygen atoms in total. The maximum atomic E-state index is 12.8. The van der Waals surface area contributed by atoms with E-state index in [1.54, 1.807) is 24.3 Å². The predicted molar refractivity (Wildman–Crippen MR) is 94.3 cm³/mol. The van der Waals surface area contributed by atoms with E-state index in [1.165, 1.54) is 12.1 Å². The number of halogens is 2. The van der Waals surface area contributed by atoms with E-state index in [0.29, 0.717) is 24.0 Å². The molecule has 1 amide bonds. The molecule has 1 fully saturated rings. The van der Waals surface area contributed by atoms with Crippen molar-refractivity contribution in [3.8, 4) is 5.75 Å². The third-order valence-electron chi connectivity index (χ3n) is 4.36. The Labute approximate surface area is 152 Å². The van der Waals surface area contributed by atoms with E-state index in [-0.39, 0.29) is 42.5 Å². The zero-order valence-electron chi connectivity index (χ0n) is 13.7. The summed E-state index contributed by atoms with van der Waals surface area (Å²) in [5, 5.41) is 2.99. The van der Waals surface area contributed by atoms with Crippen LogP contribution in [0.4, 0.5) is 4.39 Å². The van der Waals surface area contributed by atoms with Crippen molar-refractivity contribution in [3.63, 3.8) is 0 Å². The van der Waals surface area contributed by atoms with Gasteiger partial charge in [-0.25, -0.2) is 4.39 Å². The molecule has 0 aliphatic heterocycles. The highest BCUT2D eigenvalue weighted by molar-refractivity contribution is 5.91. The van der Waals surface area contributed by atoms with Crippen LogP contribution in [0.15, 0.2) is 40.8 Å². The average Bonchev–Trinajstić information content (AvgIpc) is 3.23. The summed E-state index contributed by atoms with van der Waals surface area (Å²) in [6, 6.07) is 9.18. The molecule has 25 heavy (non-hydrogen) atoms. The van der Waals surface area contributed by atoms with E-state index in [0.717, 1.165) is 19.3 Å². The Morgan fingerprint density at radius 2 is 2.00 bits per heavy atom. The minimum Gasteiger partial charge on any atom is -0.486 e. The van der Waals surface area contributed by atoms with Crippen molar-refractivity contribution in [3.05, 3.63) is 53.7 Å². The highest BCUT2D eigenvalue weighted by Gasteiger charge is 2.28. The van der Waals surface area contributed by atoms with Gasteiger partial charge in [-0.1, -0.05) is 6.42 Å². The topological polar surface area (TPSA) is 77.5 Å². The molecule has 1 aromatic carbocycles. The van der Waals surface area contributed by atoms with Crippen molar-refractivity contribution < 1.29 is 18.3 Å². The minimum absolute atomic E-state index is 0. The lowest BCUT2D eigenvalue weighted by atomic mass is 10.0. The lowest BCUT2D eigenvalue weighted by Gasteiger charge is -2.18. The number of amides is 1. The van der Waals surface area contributed by atoms with Gasteiger partial charge in [0.15, 0.2) is 5.76 Å². The maximum Gasteiger partial charge on any atom is 0.287 e. The molecule has 0 saturated heterocycles. The van der Waals surface area contributed by atoms with Crippen LogP contribution in [-0.4, -0.2) is 18.5 Å². The summed E-state index contributed by atoms with van der Waals surface area (Å²) in [7, 11) is 0. The fourth-order valence-electron chi connectivity index (χ4n) is 3.01. The van der Waals surface area contributed by atoms with Gasteiger partial charge in [0, 0.05) is 6.04 Å². The van der Waals surface area contributed by atoms with Crippen molar-refractivity contribution in [1.82, 2.24) is 5.32 Å². The van der Waals surface area contributed by atoms with Crippen LogP contribution in [0.3, 0.4) is 0 Å². The molecule has 3 N–H and O–H groups in total. The number of ether oxygens (including phenoxy) is 1. The largest absolute Gasteiger partial charge is 0.486 e. The number of furan rings is 1. The van der Waals surface area contributed by atoms with E-state index in [2.05, 4.69) is 5.32 Å². The first-order valence-corrected chi connectivity index (χ1v) is 8.13. The SMILES string of the molecule is Cl.NCC1CCCC1NC(=O)c1ccc(COc2ccc(F)cc2)o1. The third-order valence-corrected chi connectivity index (χ3v) is 4.36. The van der Waals surface area contributed by atoms with Crippen LogP contribution < -0.4 is 15.8 Å². The number of hydrogen-bond acceptors (Lipinski definition) is 4. The fourth-order valence-corrected chi connectivity index (χ4v) is 3.01. The molecule has 2 atom stereocenters. The maximum absolute atomic E-state index is 12.8. The average molecular weight is 369 g/mol. The Bertz CT molecular complexity index is 690. The predicted octanol–water partition coefficient (Wildman–Crippen LogP) is 3.28.